The minimum absolute atomic E-state index is 0.00283. The number of ether oxygens (including phenoxy) is 1. The lowest BCUT2D eigenvalue weighted by molar-refractivity contribution is 0.241. The van der Waals surface area contributed by atoms with Crippen molar-refractivity contribution in [2.45, 2.75) is 51.6 Å². The van der Waals surface area contributed by atoms with Crippen molar-refractivity contribution in [1.29, 1.82) is 0 Å². The van der Waals surface area contributed by atoms with E-state index in [0.29, 0.717) is 18.1 Å². The predicted molar refractivity (Wildman–Crippen MR) is 141 cm³/mol. The van der Waals surface area contributed by atoms with Crippen molar-refractivity contribution in [3.05, 3.63) is 59.4 Å². The van der Waals surface area contributed by atoms with Gasteiger partial charge in [-0.3, -0.25) is 10.1 Å². The molecule has 4 aromatic rings. The maximum absolute atomic E-state index is 6.57. The number of H-pyrrole nitrogens is 1. The largest absolute Gasteiger partial charge is 0.473 e. The Hall–Kier alpha value is -3.72. The Balaban J connectivity index is 1.26. The number of hydrogen-bond acceptors (Lipinski definition) is 8. The number of anilines is 3. The van der Waals surface area contributed by atoms with E-state index in [1.807, 2.05) is 12.3 Å². The van der Waals surface area contributed by atoms with Crippen molar-refractivity contribution in [3.8, 4) is 5.88 Å². The molecule has 0 saturated heterocycles. The Bertz CT molecular complexity index is 1390. The molecule has 0 fully saturated rings. The molecular formula is C27H32N8O. The third-order valence-electron chi connectivity index (χ3n) is 7.40. The van der Waals surface area contributed by atoms with Crippen molar-refractivity contribution in [3.63, 3.8) is 0 Å². The van der Waals surface area contributed by atoms with Gasteiger partial charge in [0.1, 0.15) is 6.61 Å². The minimum Gasteiger partial charge on any atom is -0.473 e. The zero-order chi connectivity index (χ0) is 24.6. The van der Waals surface area contributed by atoms with E-state index in [1.165, 1.54) is 11.1 Å². The van der Waals surface area contributed by atoms with E-state index >= 15 is 0 Å². The first kappa shape index (κ1) is 22.7. The first-order chi connectivity index (χ1) is 17.6. The molecule has 1 aromatic carbocycles. The summed E-state index contributed by atoms with van der Waals surface area (Å²) in [6.45, 7) is 6.50. The summed E-state index contributed by atoms with van der Waals surface area (Å²) in [4.78, 5) is 18.9. The molecule has 186 valence electrons. The number of hydrogen-bond donors (Lipinski definition) is 2. The summed E-state index contributed by atoms with van der Waals surface area (Å²) in [5.41, 5.74) is 12.6. The number of aromatic amines is 1. The van der Waals surface area contributed by atoms with Crippen molar-refractivity contribution < 1.29 is 4.74 Å². The highest BCUT2D eigenvalue weighted by atomic mass is 16.5. The van der Waals surface area contributed by atoms with Gasteiger partial charge in [0.2, 0.25) is 0 Å². The number of aryl methyl sites for hydroxylation is 2. The molecule has 3 N–H and O–H groups in total. The average molecular weight is 485 g/mol. The Morgan fingerprint density at radius 2 is 2.06 bits per heavy atom. The second-order valence-electron chi connectivity index (χ2n) is 9.61. The van der Waals surface area contributed by atoms with Crippen molar-refractivity contribution in [2.24, 2.45) is 5.73 Å². The fraction of sp³-hybridized carbons (Fsp3) is 0.407. The zero-order valence-corrected chi connectivity index (χ0v) is 20.8. The van der Waals surface area contributed by atoms with Crippen LogP contribution in [-0.2, 0) is 6.42 Å². The summed E-state index contributed by atoms with van der Waals surface area (Å²) < 4.78 is 6.19. The van der Waals surface area contributed by atoms with Gasteiger partial charge in [0.05, 0.1) is 17.4 Å². The van der Waals surface area contributed by atoms with Gasteiger partial charge in [-0.25, -0.2) is 9.97 Å². The quantitative estimate of drug-likeness (QED) is 0.419. The predicted octanol–water partition coefficient (Wildman–Crippen LogP) is 4.21. The molecule has 3 aromatic heterocycles. The Morgan fingerprint density at radius 1 is 1.17 bits per heavy atom. The number of fused-ring (bicyclic) bond motifs is 3. The highest BCUT2D eigenvalue weighted by molar-refractivity contribution is 5.88. The third-order valence-corrected chi connectivity index (χ3v) is 7.40. The molecule has 0 aliphatic carbocycles. The number of nitrogens with zero attached hydrogens (tertiary/aromatic N) is 6. The molecule has 0 bridgehead atoms. The summed E-state index contributed by atoms with van der Waals surface area (Å²) in [6, 6.07) is 12.6. The Morgan fingerprint density at radius 3 is 2.92 bits per heavy atom. The van der Waals surface area contributed by atoms with E-state index in [2.05, 4.69) is 69.2 Å². The van der Waals surface area contributed by atoms with Gasteiger partial charge in [0, 0.05) is 25.3 Å². The first-order valence-electron chi connectivity index (χ1n) is 12.8. The lowest BCUT2D eigenvalue weighted by Crippen LogP contribution is -2.44. The number of nitrogens with one attached hydrogen (secondary N) is 1. The molecule has 0 spiro atoms. The highest BCUT2D eigenvalue weighted by Gasteiger charge is 2.32. The van der Waals surface area contributed by atoms with Gasteiger partial charge in [-0.05, 0) is 62.8 Å². The fourth-order valence-electron chi connectivity index (χ4n) is 5.50. The second kappa shape index (κ2) is 9.39. The Kier molecular flexibility index (Phi) is 5.92. The van der Waals surface area contributed by atoms with Crippen LogP contribution in [0.2, 0.25) is 0 Å². The molecule has 36 heavy (non-hydrogen) atoms. The van der Waals surface area contributed by atoms with E-state index in [4.69, 9.17) is 20.4 Å². The lowest BCUT2D eigenvalue weighted by Gasteiger charge is -2.36. The number of rotatable bonds is 6. The van der Waals surface area contributed by atoms with E-state index in [9.17, 15) is 0 Å². The Labute approximate surface area is 210 Å². The minimum atomic E-state index is -0.00283. The van der Waals surface area contributed by atoms with E-state index < -0.39 is 0 Å². The molecule has 2 atom stereocenters. The van der Waals surface area contributed by atoms with E-state index in [0.717, 1.165) is 67.3 Å². The molecule has 9 heteroatoms. The van der Waals surface area contributed by atoms with Crippen molar-refractivity contribution >= 4 is 28.5 Å². The van der Waals surface area contributed by atoms with Gasteiger partial charge in [0.25, 0.3) is 5.88 Å². The summed E-state index contributed by atoms with van der Waals surface area (Å²) >= 11 is 0. The van der Waals surface area contributed by atoms with Crippen LogP contribution in [0.3, 0.4) is 0 Å². The van der Waals surface area contributed by atoms with Crippen LogP contribution < -0.4 is 20.3 Å². The number of aromatic nitrogens is 5. The maximum Gasteiger partial charge on any atom is 0.258 e. The van der Waals surface area contributed by atoms with Crippen LogP contribution in [0.25, 0.3) is 11.2 Å². The third kappa shape index (κ3) is 3.93. The van der Waals surface area contributed by atoms with Gasteiger partial charge >= 0.3 is 0 Å². The van der Waals surface area contributed by atoms with Crippen LogP contribution in [0.5, 0.6) is 5.88 Å². The van der Waals surface area contributed by atoms with Crippen LogP contribution in [-0.4, -0.2) is 50.9 Å². The van der Waals surface area contributed by atoms with Gasteiger partial charge in [-0.1, -0.05) is 24.3 Å². The van der Waals surface area contributed by atoms with Crippen LogP contribution in [0, 0.1) is 6.92 Å². The maximum atomic E-state index is 6.57. The monoisotopic (exact) mass is 484 g/mol. The fourth-order valence-corrected chi connectivity index (χ4v) is 5.50. The summed E-state index contributed by atoms with van der Waals surface area (Å²) in [6.07, 6.45) is 5.62. The zero-order valence-electron chi connectivity index (χ0n) is 20.8. The van der Waals surface area contributed by atoms with Crippen molar-refractivity contribution in [2.75, 3.05) is 29.5 Å². The smallest absolute Gasteiger partial charge is 0.258 e. The molecule has 2 aliphatic rings. The molecule has 5 heterocycles. The van der Waals surface area contributed by atoms with Crippen LogP contribution in [0.1, 0.15) is 49.0 Å². The standard InChI is InChI=1S/C27H32N8O/c1-3-34-18(12-13-20(28)19-9-5-4-8-17(19)2)16-36-27-26(34)31-24-23(30-27)25(33-32-24)35-15-7-10-21-22(35)11-6-14-29-21/h4-6,8-9,11,14,18,20H,3,7,10,12-13,15-16,28H2,1-2H3,(H,31,32,33)/t18-,20+/m1/s1. The summed E-state index contributed by atoms with van der Waals surface area (Å²) in [5, 5.41) is 7.73. The van der Waals surface area contributed by atoms with Crippen LogP contribution in [0.15, 0.2) is 42.6 Å². The van der Waals surface area contributed by atoms with E-state index in [1.54, 1.807) is 0 Å². The highest BCUT2D eigenvalue weighted by Crippen LogP contribution is 2.38. The van der Waals surface area contributed by atoms with Crippen molar-refractivity contribution in [1.82, 2.24) is 25.1 Å². The van der Waals surface area contributed by atoms with Crippen LogP contribution >= 0.6 is 0 Å². The number of likely N-dealkylation sites (N-methyl/N-ethyl adjacent to an activating group) is 1. The number of nitrogens with two attached hydrogens (primary N) is 1. The molecule has 0 amide bonds. The second-order valence-corrected chi connectivity index (χ2v) is 9.61. The molecule has 0 unspecified atom stereocenters. The molecule has 6 rings (SSSR count). The molecule has 2 aliphatic heterocycles. The SMILES string of the molecule is CCN1c2nc3[nH]nc(N4CCCc5ncccc54)c3nc2OC[C@H]1CC[C@H](N)c1ccccc1C. The molecule has 9 nitrogen and oxygen atoms in total. The van der Waals surface area contributed by atoms with E-state index in [-0.39, 0.29) is 12.1 Å². The molecular weight excluding hydrogens is 452 g/mol. The average Bonchev–Trinajstić information content (AvgIpc) is 3.32. The first-order valence-corrected chi connectivity index (χ1v) is 12.8. The van der Waals surface area contributed by atoms with Gasteiger partial charge in [-0.2, -0.15) is 5.10 Å². The van der Waals surface area contributed by atoms with Gasteiger partial charge in [-0.15, -0.1) is 0 Å². The molecule has 0 saturated carbocycles. The van der Waals surface area contributed by atoms with Gasteiger partial charge < -0.3 is 20.3 Å². The molecule has 0 radical (unpaired) electrons. The van der Waals surface area contributed by atoms with Gasteiger partial charge in [0.15, 0.2) is 22.8 Å². The number of benzene rings is 1. The lowest BCUT2D eigenvalue weighted by atomic mass is 9.96. The number of pyridine rings is 1. The summed E-state index contributed by atoms with van der Waals surface area (Å²) in [7, 11) is 0. The normalized spacial score (nSPS) is 18.0. The summed E-state index contributed by atoms with van der Waals surface area (Å²) in [5.74, 6) is 2.10. The topological polar surface area (TPSA) is 109 Å². The van der Waals surface area contributed by atoms with Crippen LogP contribution in [0.4, 0.5) is 17.3 Å².